The predicted molar refractivity (Wildman–Crippen MR) is 79.4 cm³/mol. The second-order valence-electron chi connectivity index (χ2n) is 6.03. The van der Waals surface area contributed by atoms with E-state index < -0.39 is 0 Å². The third-order valence-electron chi connectivity index (χ3n) is 4.45. The maximum atomic E-state index is 12.4. The summed E-state index contributed by atoms with van der Waals surface area (Å²) < 4.78 is 5.09. The van der Waals surface area contributed by atoms with E-state index in [1.165, 1.54) is 0 Å². The summed E-state index contributed by atoms with van der Waals surface area (Å²) in [6.45, 7) is 9.38. The zero-order valence-corrected chi connectivity index (χ0v) is 12.9. The smallest absolute Gasteiger partial charge is 0.322 e. The van der Waals surface area contributed by atoms with Crippen LogP contribution >= 0.6 is 0 Å². The van der Waals surface area contributed by atoms with Crippen LogP contribution in [0.3, 0.4) is 0 Å². The van der Waals surface area contributed by atoms with E-state index in [0.29, 0.717) is 17.5 Å². The van der Waals surface area contributed by atoms with Crippen LogP contribution in [0.1, 0.15) is 11.5 Å². The molecule has 2 amide bonds. The van der Waals surface area contributed by atoms with Crippen molar-refractivity contribution in [2.24, 2.45) is 0 Å². The molecule has 0 aromatic carbocycles. The van der Waals surface area contributed by atoms with Crippen LogP contribution < -0.4 is 5.32 Å². The van der Waals surface area contributed by atoms with Crippen molar-refractivity contribution >= 4 is 11.7 Å². The van der Waals surface area contributed by atoms with Crippen molar-refractivity contribution in [2.75, 3.05) is 51.6 Å². The number of amides is 2. The number of fused-ring (bicyclic) bond motifs is 1. The van der Waals surface area contributed by atoms with Crippen LogP contribution in [0, 0.1) is 13.8 Å². The summed E-state index contributed by atoms with van der Waals surface area (Å²) in [4.78, 5) is 19.2. The second kappa shape index (κ2) is 5.65. The molecule has 3 rings (SSSR count). The van der Waals surface area contributed by atoms with Gasteiger partial charge in [-0.3, -0.25) is 4.90 Å². The fourth-order valence-corrected chi connectivity index (χ4v) is 3.14. The number of carbonyl (C=O) groups excluding carboxylic acids is 1. The molecule has 1 aromatic heterocycles. The highest BCUT2D eigenvalue weighted by Crippen LogP contribution is 2.20. The Morgan fingerprint density at radius 1 is 1.24 bits per heavy atom. The average molecular weight is 293 g/mol. The van der Waals surface area contributed by atoms with E-state index in [-0.39, 0.29) is 6.03 Å². The predicted octanol–water partition coefficient (Wildman–Crippen LogP) is 0.755. The third-order valence-corrected chi connectivity index (χ3v) is 4.45. The molecule has 0 bridgehead atoms. The van der Waals surface area contributed by atoms with Gasteiger partial charge in [0.25, 0.3) is 0 Å². The largest absolute Gasteiger partial charge is 0.359 e. The number of aromatic nitrogens is 1. The Morgan fingerprint density at radius 2 is 2.00 bits per heavy atom. The van der Waals surface area contributed by atoms with Gasteiger partial charge in [-0.05, 0) is 20.9 Å². The molecule has 7 nitrogen and oxygen atoms in total. The van der Waals surface area contributed by atoms with Gasteiger partial charge in [0.2, 0.25) is 0 Å². The lowest BCUT2D eigenvalue weighted by atomic mass is 10.1. The molecule has 1 atom stereocenters. The number of hydrogen-bond donors (Lipinski definition) is 1. The fourth-order valence-electron chi connectivity index (χ4n) is 3.14. The Morgan fingerprint density at radius 3 is 2.71 bits per heavy atom. The zero-order chi connectivity index (χ0) is 15.0. The molecule has 21 heavy (non-hydrogen) atoms. The number of piperazine rings is 2. The van der Waals surface area contributed by atoms with Gasteiger partial charge in [-0.1, -0.05) is 5.16 Å². The number of anilines is 1. The van der Waals surface area contributed by atoms with Gasteiger partial charge in [-0.2, -0.15) is 0 Å². The first-order chi connectivity index (χ1) is 10.0. The first-order valence-corrected chi connectivity index (χ1v) is 7.46. The van der Waals surface area contributed by atoms with E-state index >= 15 is 0 Å². The van der Waals surface area contributed by atoms with Gasteiger partial charge in [0, 0.05) is 45.3 Å². The van der Waals surface area contributed by atoms with Crippen molar-refractivity contribution in [3.8, 4) is 0 Å². The molecule has 0 aliphatic carbocycles. The van der Waals surface area contributed by atoms with Gasteiger partial charge >= 0.3 is 6.03 Å². The molecular formula is C14H23N5O2. The first-order valence-electron chi connectivity index (χ1n) is 7.46. The van der Waals surface area contributed by atoms with Crippen molar-refractivity contribution in [1.29, 1.82) is 0 Å². The number of nitrogens with one attached hydrogen (secondary N) is 1. The Bertz CT molecular complexity index is 510. The highest BCUT2D eigenvalue weighted by Gasteiger charge is 2.33. The number of nitrogens with zero attached hydrogens (tertiary/aromatic N) is 4. The highest BCUT2D eigenvalue weighted by molar-refractivity contribution is 5.90. The zero-order valence-electron chi connectivity index (χ0n) is 12.9. The van der Waals surface area contributed by atoms with Crippen LogP contribution in [-0.2, 0) is 0 Å². The Labute approximate surface area is 124 Å². The molecule has 3 heterocycles. The number of rotatable bonds is 1. The number of carbonyl (C=O) groups is 1. The van der Waals surface area contributed by atoms with E-state index in [4.69, 9.17) is 4.52 Å². The molecule has 7 heteroatoms. The van der Waals surface area contributed by atoms with Crippen LogP contribution in [0.15, 0.2) is 4.52 Å². The van der Waals surface area contributed by atoms with E-state index in [0.717, 1.165) is 45.0 Å². The lowest BCUT2D eigenvalue weighted by molar-refractivity contribution is 0.0353. The Kier molecular flexibility index (Phi) is 3.86. The molecule has 2 saturated heterocycles. The maximum absolute atomic E-state index is 12.4. The van der Waals surface area contributed by atoms with Crippen LogP contribution in [0.25, 0.3) is 0 Å². The van der Waals surface area contributed by atoms with Crippen LogP contribution in [0.2, 0.25) is 0 Å². The lowest BCUT2D eigenvalue weighted by Crippen LogP contribution is -2.62. The van der Waals surface area contributed by atoms with Gasteiger partial charge in [-0.15, -0.1) is 0 Å². The van der Waals surface area contributed by atoms with Crippen LogP contribution in [-0.4, -0.2) is 78.2 Å². The minimum atomic E-state index is -0.0581. The van der Waals surface area contributed by atoms with E-state index in [2.05, 4.69) is 27.3 Å². The molecule has 2 fully saturated rings. The molecule has 116 valence electrons. The standard InChI is InChI=1S/C14H23N5O2/c1-10-13(11(2)21-16-10)15-14(20)19-7-6-18-5-4-17(3)8-12(18)9-19/h12H,4-9H2,1-3H3,(H,15,20). The molecule has 0 spiro atoms. The minimum Gasteiger partial charge on any atom is -0.359 e. The van der Waals surface area contributed by atoms with E-state index in [9.17, 15) is 4.79 Å². The summed E-state index contributed by atoms with van der Waals surface area (Å²) in [6.07, 6.45) is 0. The topological polar surface area (TPSA) is 64.9 Å². The normalized spacial score (nSPS) is 24.0. The first kappa shape index (κ1) is 14.3. The van der Waals surface area contributed by atoms with E-state index in [1.54, 1.807) is 0 Å². The fraction of sp³-hybridized carbons (Fsp3) is 0.714. The summed E-state index contributed by atoms with van der Waals surface area (Å²) in [5.41, 5.74) is 1.42. The summed E-state index contributed by atoms with van der Waals surface area (Å²) >= 11 is 0. The monoisotopic (exact) mass is 293 g/mol. The molecule has 2 aliphatic heterocycles. The summed E-state index contributed by atoms with van der Waals surface area (Å²) in [7, 11) is 2.14. The Balaban J connectivity index is 1.63. The summed E-state index contributed by atoms with van der Waals surface area (Å²) in [6, 6.07) is 0.380. The van der Waals surface area contributed by atoms with Gasteiger partial charge in [0.15, 0.2) is 5.76 Å². The van der Waals surface area contributed by atoms with Gasteiger partial charge in [-0.25, -0.2) is 4.79 Å². The molecular weight excluding hydrogens is 270 g/mol. The maximum Gasteiger partial charge on any atom is 0.322 e. The van der Waals surface area contributed by atoms with Crippen molar-refractivity contribution in [3.63, 3.8) is 0 Å². The van der Waals surface area contributed by atoms with Gasteiger partial charge in [0.1, 0.15) is 11.4 Å². The summed E-state index contributed by atoms with van der Waals surface area (Å²) in [5, 5.41) is 6.80. The van der Waals surface area contributed by atoms with Crippen LogP contribution in [0.4, 0.5) is 10.5 Å². The molecule has 1 aromatic rings. The number of likely N-dealkylation sites (N-methyl/N-ethyl adjacent to an activating group) is 1. The lowest BCUT2D eigenvalue weighted by Gasteiger charge is -2.46. The van der Waals surface area contributed by atoms with Crippen molar-refractivity contribution < 1.29 is 9.32 Å². The molecule has 0 radical (unpaired) electrons. The average Bonchev–Trinajstić information content (AvgIpc) is 2.78. The van der Waals surface area contributed by atoms with E-state index in [1.807, 2.05) is 18.7 Å². The summed E-state index contributed by atoms with van der Waals surface area (Å²) in [5.74, 6) is 0.650. The van der Waals surface area contributed by atoms with Gasteiger partial charge in [0.05, 0.1) is 0 Å². The Hall–Kier alpha value is -1.60. The third kappa shape index (κ3) is 2.89. The number of aryl methyl sites for hydroxylation is 2. The minimum absolute atomic E-state index is 0.0581. The van der Waals surface area contributed by atoms with Gasteiger partial charge < -0.3 is 19.6 Å². The quantitative estimate of drug-likeness (QED) is 0.828. The van der Waals surface area contributed by atoms with Crippen LogP contribution in [0.5, 0.6) is 0 Å². The molecule has 0 saturated carbocycles. The number of urea groups is 1. The SMILES string of the molecule is Cc1noc(C)c1NC(=O)N1CCN2CCN(C)CC2C1. The van der Waals surface area contributed by atoms with Crippen molar-refractivity contribution in [3.05, 3.63) is 11.5 Å². The van der Waals surface area contributed by atoms with Crippen molar-refractivity contribution in [2.45, 2.75) is 19.9 Å². The number of hydrogen-bond acceptors (Lipinski definition) is 5. The van der Waals surface area contributed by atoms with Crippen molar-refractivity contribution in [1.82, 2.24) is 19.9 Å². The highest BCUT2D eigenvalue weighted by atomic mass is 16.5. The molecule has 1 N–H and O–H groups in total. The molecule has 2 aliphatic rings. The second-order valence-corrected chi connectivity index (χ2v) is 6.03. The molecule has 1 unspecified atom stereocenters.